The Hall–Kier alpha value is 0.369. The molecular formula is C4H6B22NO3. The zero-order valence-corrected chi connectivity index (χ0v) is 17.1. The van der Waals surface area contributed by atoms with Crippen LogP contribution in [-0.2, 0) is 14.4 Å². The molecule has 0 spiro atoms. The van der Waals surface area contributed by atoms with Gasteiger partial charge in [0.05, 0.1) is 0 Å². The van der Waals surface area contributed by atoms with E-state index in [1.165, 1.54) is 7.06 Å². The fourth-order valence-electron chi connectivity index (χ4n) is 3.77. The topological polar surface area (TPSA) is 55.4 Å². The first kappa shape index (κ1) is 30.4. The van der Waals surface area contributed by atoms with Gasteiger partial charge in [-0.3, -0.25) is 4.79 Å². The second-order valence-electron chi connectivity index (χ2n) is 7.42. The first-order valence-electron chi connectivity index (χ1n) is 9.35. The lowest BCUT2D eigenvalue weighted by molar-refractivity contribution is -0.144. The van der Waals surface area contributed by atoms with Crippen LogP contribution in [-0.4, -0.2) is 168 Å². The van der Waals surface area contributed by atoms with Crippen LogP contribution in [0, 0.1) is 0 Å². The maximum atomic E-state index is 10.00. The van der Waals surface area contributed by atoms with Gasteiger partial charge in [0.15, 0.2) is 0 Å². The van der Waals surface area contributed by atoms with Crippen molar-refractivity contribution < 1.29 is 14.4 Å². The maximum absolute atomic E-state index is 10.00. The molecule has 0 aromatic heterocycles. The minimum absolute atomic E-state index is 0.139. The Morgan fingerprint density at radius 1 is 0.767 bits per heavy atom. The van der Waals surface area contributed by atoms with Gasteiger partial charge in [0.2, 0.25) is 0 Å². The van der Waals surface area contributed by atoms with Crippen molar-refractivity contribution in [3.63, 3.8) is 0 Å². The van der Waals surface area contributed by atoms with Gasteiger partial charge in [-0.05, 0) is 0 Å². The molecule has 0 aromatic rings. The number of hydrogen-bond donors (Lipinski definition) is 1. The van der Waals surface area contributed by atoms with Gasteiger partial charge >= 0.3 is 5.97 Å². The molecule has 1 fully saturated rings. The molecule has 26 heteroatoms. The summed E-state index contributed by atoms with van der Waals surface area (Å²) in [6, 6.07) is 0. The molecule has 23 radical (unpaired) electrons. The van der Waals surface area contributed by atoms with E-state index in [0.717, 1.165) is 0 Å². The Morgan fingerprint density at radius 3 is 1.40 bits per heavy atom. The Balaban J connectivity index is 0.000001000. The fraction of sp³-hybridized carbons (Fsp3) is 0.500. The van der Waals surface area contributed by atoms with Crippen molar-refractivity contribution in [2.75, 3.05) is 0 Å². The molecule has 0 aromatic carbocycles. The molecular weight excluding hydrogens is 348 g/mol. The lowest BCUT2D eigenvalue weighted by atomic mass is 8.40. The lowest BCUT2D eigenvalue weighted by Gasteiger charge is -2.43. The summed E-state index contributed by atoms with van der Waals surface area (Å²) in [6.07, 6.45) is -6.04. The van der Waals surface area contributed by atoms with Gasteiger partial charge in [-0.15, -0.1) is 6.82 Å². The first-order chi connectivity index (χ1) is 13.8. The molecule has 1 heterocycles. The Morgan fingerprint density at radius 2 is 1.20 bits per heavy atom. The Bertz CT molecular complexity index is 497. The SMILES string of the molecule is O=C1CC(=O)ON1.[B][B]B(B([B])[B])B(B(C)B(B([B])[B])B([B])[B])B(B([B])[B])B([B])[B]. The Labute approximate surface area is 200 Å². The molecule has 0 unspecified atom stereocenters. The van der Waals surface area contributed by atoms with E-state index in [-0.39, 0.29) is 18.8 Å². The van der Waals surface area contributed by atoms with Gasteiger partial charge in [0.1, 0.15) is 6.42 Å². The minimum atomic E-state index is -0.827. The average molecular weight is 354 g/mol. The molecule has 30 heavy (non-hydrogen) atoms. The van der Waals surface area contributed by atoms with Crippen LogP contribution in [0.5, 0.6) is 0 Å². The Kier molecular flexibility index (Phi) is 14.7. The van der Waals surface area contributed by atoms with Crippen molar-refractivity contribution in [3.8, 4) is 0 Å². The molecule has 0 atom stereocenters. The smallest absolute Gasteiger partial charge is 0.340 e. The molecule has 1 N–H and O–H groups in total. The first-order valence-corrected chi connectivity index (χ1v) is 9.35. The van der Waals surface area contributed by atoms with E-state index in [1.54, 1.807) is 0 Å². The highest BCUT2D eigenvalue weighted by molar-refractivity contribution is 8.17. The third-order valence-corrected chi connectivity index (χ3v) is 5.13. The molecule has 111 valence electrons. The van der Waals surface area contributed by atoms with E-state index in [9.17, 15) is 9.59 Å². The molecule has 4 nitrogen and oxygen atoms in total. The number of carbonyl (C=O) groups is 2. The van der Waals surface area contributed by atoms with E-state index in [4.69, 9.17) is 85.1 Å². The summed E-state index contributed by atoms with van der Waals surface area (Å²) in [5, 5.41) is 0. The van der Waals surface area contributed by atoms with Crippen molar-refractivity contribution in [3.05, 3.63) is 0 Å². The van der Waals surface area contributed by atoms with E-state index in [1.807, 2.05) is 12.3 Å². The van der Waals surface area contributed by atoms with Crippen LogP contribution in [0.15, 0.2) is 0 Å². The number of hydroxylamine groups is 1. The zero-order chi connectivity index (χ0) is 23.8. The van der Waals surface area contributed by atoms with Crippen molar-refractivity contribution in [1.82, 2.24) is 5.48 Å². The molecule has 1 rings (SSSR count). The molecule has 1 aliphatic heterocycles. The summed E-state index contributed by atoms with van der Waals surface area (Å²) in [6.45, 7) is 1.56. The van der Waals surface area contributed by atoms with Crippen molar-refractivity contribution >= 4 is 168 Å². The summed E-state index contributed by atoms with van der Waals surface area (Å²) >= 11 is 0. The third-order valence-electron chi connectivity index (χ3n) is 5.13. The number of rotatable bonds is 10. The summed E-state index contributed by atoms with van der Waals surface area (Å²) in [4.78, 5) is 24.0. The molecule has 0 bridgehead atoms. The van der Waals surface area contributed by atoms with E-state index in [0.29, 0.717) is 0 Å². The number of carbonyl (C=O) groups excluding carboxylic acids is 2. The van der Waals surface area contributed by atoms with Crippen LogP contribution in [0.4, 0.5) is 0 Å². The summed E-state index contributed by atoms with van der Waals surface area (Å²) in [7, 11) is 65.7. The van der Waals surface area contributed by atoms with Gasteiger partial charge in [-0.2, -0.15) is 5.48 Å². The monoisotopic (exact) mass is 358 g/mol. The number of nitrogens with one attached hydrogen (secondary N) is 1. The molecule has 0 aliphatic carbocycles. The van der Waals surface area contributed by atoms with Crippen LogP contribution >= 0.6 is 0 Å². The van der Waals surface area contributed by atoms with E-state index >= 15 is 0 Å². The predicted octanol–water partition coefficient (Wildman–Crippen LogP) is -8.83. The van der Waals surface area contributed by atoms with Gasteiger partial charge in [0.25, 0.3) is 5.91 Å². The molecule has 1 saturated heterocycles. The highest BCUT2D eigenvalue weighted by atomic mass is 16.7. The standard InChI is InChI=1S/C3H3NO3.CH3B22/c5-2-1-3(6)7-4-2;1-14(21(16(5)6)17(7)8)22(20(13-2)15(3)4)23(18(9)10)19(11)12/h1H2,(H,4,5);1H3. The summed E-state index contributed by atoms with van der Waals surface area (Å²) < 4.78 is 0. The van der Waals surface area contributed by atoms with Crippen molar-refractivity contribution in [2.45, 2.75) is 13.2 Å². The number of amides is 1. The minimum Gasteiger partial charge on any atom is -0.340 e. The van der Waals surface area contributed by atoms with E-state index in [2.05, 4.69) is 4.84 Å². The lowest BCUT2D eigenvalue weighted by Crippen LogP contribution is -2.80. The van der Waals surface area contributed by atoms with Crippen LogP contribution in [0.2, 0.25) is 6.82 Å². The highest BCUT2D eigenvalue weighted by Crippen LogP contribution is 2.09. The normalized spacial score (nSPS) is 11.5. The number of hydrogen-bond acceptors (Lipinski definition) is 3. The van der Waals surface area contributed by atoms with Crippen LogP contribution in [0.25, 0.3) is 0 Å². The van der Waals surface area contributed by atoms with Gasteiger partial charge in [0, 0.05) is 156 Å². The average Bonchev–Trinajstić information content (AvgIpc) is 2.96. The second kappa shape index (κ2) is 14.5. The molecule has 1 aliphatic rings. The summed E-state index contributed by atoms with van der Waals surface area (Å²) in [5.41, 5.74) is 1.88. The summed E-state index contributed by atoms with van der Waals surface area (Å²) in [5.74, 6) is -0.880. The second-order valence-corrected chi connectivity index (χ2v) is 7.42. The van der Waals surface area contributed by atoms with Gasteiger partial charge < -0.3 is 4.84 Å². The van der Waals surface area contributed by atoms with Crippen LogP contribution in [0.3, 0.4) is 0 Å². The third kappa shape index (κ3) is 9.47. The van der Waals surface area contributed by atoms with Gasteiger partial charge in [-0.25, -0.2) is 4.79 Å². The quantitative estimate of drug-likeness (QED) is 0.313. The van der Waals surface area contributed by atoms with Crippen LogP contribution in [0.1, 0.15) is 6.42 Å². The van der Waals surface area contributed by atoms with Gasteiger partial charge in [-0.1, -0.05) is 0 Å². The molecule has 0 saturated carbocycles. The van der Waals surface area contributed by atoms with Crippen LogP contribution < -0.4 is 5.48 Å². The largest absolute Gasteiger partial charge is 0.341 e. The predicted molar refractivity (Wildman–Crippen MR) is 151 cm³/mol. The van der Waals surface area contributed by atoms with Crippen molar-refractivity contribution in [1.29, 1.82) is 0 Å². The van der Waals surface area contributed by atoms with E-state index < -0.39 is 63.4 Å². The zero-order valence-electron chi connectivity index (χ0n) is 17.1. The van der Waals surface area contributed by atoms with Crippen molar-refractivity contribution in [2.24, 2.45) is 0 Å². The highest BCUT2D eigenvalue weighted by Gasteiger charge is 2.45. The maximum Gasteiger partial charge on any atom is 0.341 e. The molecule has 1 amide bonds. The fourth-order valence-corrected chi connectivity index (χ4v) is 3.77.